The fourth-order valence-electron chi connectivity index (χ4n) is 1.50. The predicted octanol–water partition coefficient (Wildman–Crippen LogP) is 3.06. The maximum absolute atomic E-state index is 3.74. The normalized spacial score (nSPS) is 14.3. The van der Waals surface area contributed by atoms with Crippen LogP contribution in [0.3, 0.4) is 0 Å². The molecule has 0 nitrogen and oxygen atoms in total. The predicted molar refractivity (Wildman–Crippen MR) is 54.8 cm³/mol. The van der Waals surface area contributed by atoms with Crippen molar-refractivity contribution in [3.8, 4) is 0 Å². The molecule has 1 aliphatic heterocycles. The second kappa shape index (κ2) is 3.36. The minimum absolute atomic E-state index is 0.994. The van der Waals surface area contributed by atoms with Gasteiger partial charge in [-0.3, -0.25) is 0 Å². The number of aryl methyl sites for hydroxylation is 1. The van der Waals surface area contributed by atoms with Crippen molar-refractivity contribution in [2.45, 2.75) is 17.7 Å². The minimum atomic E-state index is 0.994. The van der Waals surface area contributed by atoms with E-state index in [9.17, 15) is 0 Å². The van der Waals surface area contributed by atoms with E-state index >= 15 is 0 Å². The molecule has 2 rings (SSSR count). The molecule has 0 saturated heterocycles. The molecule has 0 aromatic heterocycles. The molecule has 1 heterocycles. The Kier molecular flexibility index (Phi) is 2.22. The summed E-state index contributed by atoms with van der Waals surface area (Å²) >= 11 is 1.97. The molecule has 0 fully saturated rings. The van der Waals surface area contributed by atoms with Crippen LogP contribution in [0.5, 0.6) is 0 Å². The lowest BCUT2D eigenvalue weighted by molar-refractivity contribution is 1.12. The van der Waals surface area contributed by atoms with Gasteiger partial charge < -0.3 is 0 Å². The molecule has 1 heteroatoms. The molecule has 12 heavy (non-hydrogen) atoms. The van der Waals surface area contributed by atoms with Crippen molar-refractivity contribution >= 4 is 11.8 Å². The largest absolute Gasteiger partial charge is 0.126 e. The van der Waals surface area contributed by atoms with Gasteiger partial charge >= 0.3 is 0 Å². The lowest BCUT2D eigenvalue weighted by atomic mass is 10.1. The van der Waals surface area contributed by atoms with Crippen LogP contribution in [0.15, 0.2) is 35.7 Å². The summed E-state index contributed by atoms with van der Waals surface area (Å²) in [5.41, 5.74) is 2.91. The zero-order valence-electron chi connectivity index (χ0n) is 7.05. The van der Waals surface area contributed by atoms with Crippen LogP contribution in [0.4, 0.5) is 0 Å². The number of thioether (sulfide) groups is 1. The number of hydrogen-bond donors (Lipinski definition) is 0. The van der Waals surface area contributed by atoms with Crippen molar-refractivity contribution in [3.05, 3.63) is 42.0 Å². The summed E-state index contributed by atoms with van der Waals surface area (Å²) in [6.45, 7) is 3.74. The molecule has 1 aliphatic rings. The molecule has 1 aromatic rings. The van der Waals surface area contributed by atoms with Crippen LogP contribution in [0, 0.1) is 0 Å². The summed E-state index contributed by atoms with van der Waals surface area (Å²) in [5, 5.41) is 0. The van der Waals surface area contributed by atoms with E-state index in [2.05, 4.69) is 24.8 Å². The van der Waals surface area contributed by atoms with Gasteiger partial charge in [-0.15, -0.1) is 18.3 Å². The molecule has 0 radical (unpaired) electrons. The molecular formula is C11H12S. The first kappa shape index (κ1) is 7.93. The highest BCUT2D eigenvalue weighted by molar-refractivity contribution is 7.99. The van der Waals surface area contributed by atoms with E-state index in [0.717, 1.165) is 6.42 Å². The lowest BCUT2D eigenvalue weighted by Crippen LogP contribution is -1.84. The van der Waals surface area contributed by atoms with Gasteiger partial charge in [0.25, 0.3) is 0 Å². The van der Waals surface area contributed by atoms with Crippen LogP contribution in [0.2, 0.25) is 0 Å². The molecular weight excluding hydrogens is 164 g/mol. The Hall–Kier alpha value is -0.690. The Morgan fingerprint density at radius 1 is 1.50 bits per heavy atom. The van der Waals surface area contributed by atoms with E-state index < -0.39 is 0 Å². The Balaban J connectivity index is 2.32. The van der Waals surface area contributed by atoms with Crippen molar-refractivity contribution in [3.63, 3.8) is 0 Å². The van der Waals surface area contributed by atoms with E-state index in [1.54, 1.807) is 0 Å². The molecule has 0 aliphatic carbocycles. The number of fused-ring (bicyclic) bond motifs is 1. The van der Waals surface area contributed by atoms with Gasteiger partial charge in [0, 0.05) is 10.6 Å². The summed E-state index contributed by atoms with van der Waals surface area (Å²) in [6, 6.07) is 6.77. The first-order valence-corrected chi connectivity index (χ1v) is 5.24. The van der Waals surface area contributed by atoms with Crippen molar-refractivity contribution in [2.75, 3.05) is 5.75 Å². The number of hydrogen-bond acceptors (Lipinski definition) is 1. The molecule has 0 bridgehead atoms. The molecule has 0 spiro atoms. The van der Waals surface area contributed by atoms with Crippen LogP contribution in [-0.4, -0.2) is 5.75 Å². The third-order valence-corrected chi connectivity index (χ3v) is 3.24. The van der Waals surface area contributed by atoms with E-state index in [0.29, 0.717) is 0 Å². The Morgan fingerprint density at radius 3 is 3.25 bits per heavy atom. The fraction of sp³-hybridized carbons (Fsp3) is 0.273. The van der Waals surface area contributed by atoms with E-state index in [4.69, 9.17) is 0 Å². The molecule has 1 aromatic carbocycles. The van der Waals surface area contributed by atoms with E-state index in [1.807, 2.05) is 17.8 Å². The monoisotopic (exact) mass is 176 g/mol. The van der Waals surface area contributed by atoms with Gasteiger partial charge in [-0.05, 0) is 30.0 Å². The van der Waals surface area contributed by atoms with Crippen molar-refractivity contribution in [1.29, 1.82) is 0 Å². The standard InChI is InChI=1S/C11H12S/c1-2-3-9-4-5-10-6-7-12-11(10)8-9/h2,4-5,8H,1,3,6-7H2. The van der Waals surface area contributed by atoms with Crippen LogP contribution in [0.1, 0.15) is 11.1 Å². The van der Waals surface area contributed by atoms with Gasteiger partial charge in [0.15, 0.2) is 0 Å². The lowest BCUT2D eigenvalue weighted by Gasteiger charge is -2.00. The van der Waals surface area contributed by atoms with Crippen molar-refractivity contribution in [2.24, 2.45) is 0 Å². The van der Waals surface area contributed by atoms with Gasteiger partial charge in [0.05, 0.1) is 0 Å². The quantitative estimate of drug-likeness (QED) is 0.624. The summed E-state index contributed by atoms with van der Waals surface area (Å²) in [6.07, 6.45) is 4.20. The summed E-state index contributed by atoms with van der Waals surface area (Å²) in [5.74, 6) is 1.26. The second-order valence-electron chi connectivity index (χ2n) is 3.03. The van der Waals surface area contributed by atoms with Crippen molar-refractivity contribution in [1.82, 2.24) is 0 Å². The van der Waals surface area contributed by atoms with Crippen LogP contribution in [0.25, 0.3) is 0 Å². The molecule has 0 N–H and O–H groups in total. The Bertz CT molecular complexity index is 302. The number of benzene rings is 1. The SMILES string of the molecule is C=CCc1ccc2c(c1)SCC2. The van der Waals surface area contributed by atoms with E-state index in [-0.39, 0.29) is 0 Å². The molecule has 0 unspecified atom stereocenters. The first-order chi connectivity index (χ1) is 5.90. The minimum Gasteiger partial charge on any atom is -0.126 e. The average molecular weight is 176 g/mol. The first-order valence-electron chi connectivity index (χ1n) is 4.25. The van der Waals surface area contributed by atoms with Crippen molar-refractivity contribution < 1.29 is 0 Å². The Morgan fingerprint density at radius 2 is 2.42 bits per heavy atom. The van der Waals surface area contributed by atoms with Crippen LogP contribution < -0.4 is 0 Å². The maximum atomic E-state index is 3.74. The average Bonchev–Trinajstić information content (AvgIpc) is 2.51. The van der Waals surface area contributed by atoms with Gasteiger partial charge in [0.1, 0.15) is 0 Å². The molecule has 0 saturated carbocycles. The maximum Gasteiger partial charge on any atom is 0.0107 e. The number of allylic oxidation sites excluding steroid dienone is 1. The van der Waals surface area contributed by atoms with Gasteiger partial charge in [-0.1, -0.05) is 18.2 Å². The highest BCUT2D eigenvalue weighted by Crippen LogP contribution is 2.31. The highest BCUT2D eigenvalue weighted by Gasteiger charge is 2.10. The third kappa shape index (κ3) is 1.42. The van der Waals surface area contributed by atoms with Crippen LogP contribution in [-0.2, 0) is 12.8 Å². The van der Waals surface area contributed by atoms with Gasteiger partial charge in [0.2, 0.25) is 0 Å². The molecule has 0 atom stereocenters. The number of rotatable bonds is 2. The molecule has 62 valence electrons. The fourth-order valence-corrected chi connectivity index (χ4v) is 2.64. The highest BCUT2D eigenvalue weighted by atomic mass is 32.2. The zero-order valence-corrected chi connectivity index (χ0v) is 7.86. The third-order valence-electron chi connectivity index (χ3n) is 2.14. The van der Waals surface area contributed by atoms with Gasteiger partial charge in [-0.2, -0.15) is 0 Å². The van der Waals surface area contributed by atoms with Gasteiger partial charge in [-0.25, -0.2) is 0 Å². The summed E-state index contributed by atoms with van der Waals surface area (Å²) < 4.78 is 0. The topological polar surface area (TPSA) is 0 Å². The van der Waals surface area contributed by atoms with Crippen LogP contribution >= 0.6 is 11.8 Å². The zero-order chi connectivity index (χ0) is 8.39. The summed E-state index contributed by atoms with van der Waals surface area (Å²) in [4.78, 5) is 1.48. The van der Waals surface area contributed by atoms with E-state index in [1.165, 1.54) is 28.2 Å². The summed E-state index contributed by atoms with van der Waals surface area (Å²) in [7, 11) is 0. The second-order valence-corrected chi connectivity index (χ2v) is 4.17. The smallest absolute Gasteiger partial charge is 0.0107 e. The molecule has 0 amide bonds. The Labute approximate surface area is 77.7 Å².